The predicted octanol–water partition coefficient (Wildman–Crippen LogP) is 7.13. The van der Waals surface area contributed by atoms with Gasteiger partial charge in [-0.2, -0.15) is 0 Å². The molecule has 0 radical (unpaired) electrons. The maximum Gasteiger partial charge on any atom is 0.350 e. The summed E-state index contributed by atoms with van der Waals surface area (Å²) in [6.07, 6.45) is 3.78. The number of thiazole rings is 1. The Bertz CT molecular complexity index is 1280. The Morgan fingerprint density at radius 2 is 1.89 bits per heavy atom. The van der Waals surface area contributed by atoms with E-state index in [1.165, 1.54) is 29.8 Å². The molecule has 196 valence electrons. The molecule has 2 heterocycles. The summed E-state index contributed by atoms with van der Waals surface area (Å²) in [7, 11) is 1.34. The van der Waals surface area contributed by atoms with Gasteiger partial charge in [0.25, 0.3) is 5.91 Å². The standard InChI is InChI=1S/C27H30ClN3O4S2/c1-15(2)31(26(33)17-7-5-16(3)6-8-17)22-12-23(37-24(22)27(34)35-4)18-9-10-20(19(28)11-18)30-25(32)21-13-36-14-29-21/h9-17H,5-8H2,1-4H3,(H,30,32)/t16-,17-. The van der Waals surface area contributed by atoms with Crippen molar-refractivity contribution in [2.24, 2.45) is 11.8 Å². The van der Waals surface area contributed by atoms with Gasteiger partial charge >= 0.3 is 5.97 Å². The number of methoxy groups -OCH3 is 1. The van der Waals surface area contributed by atoms with Gasteiger partial charge in [-0.15, -0.1) is 22.7 Å². The number of carbonyl (C=O) groups is 3. The fourth-order valence-corrected chi connectivity index (χ4v) is 6.40. The Morgan fingerprint density at radius 3 is 2.49 bits per heavy atom. The molecule has 7 nitrogen and oxygen atoms in total. The van der Waals surface area contributed by atoms with Gasteiger partial charge in [0.1, 0.15) is 10.6 Å². The number of ether oxygens (including phenoxy) is 1. The number of anilines is 2. The minimum Gasteiger partial charge on any atom is -0.465 e. The Morgan fingerprint density at radius 1 is 1.16 bits per heavy atom. The molecule has 0 unspecified atom stereocenters. The van der Waals surface area contributed by atoms with Crippen LogP contribution in [0.2, 0.25) is 5.02 Å². The van der Waals surface area contributed by atoms with Crippen LogP contribution in [0, 0.1) is 11.8 Å². The molecule has 1 aliphatic carbocycles. The van der Waals surface area contributed by atoms with E-state index in [9.17, 15) is 14.4 Å². The molecule has 1 aliphatic rings. The first-order valence-corrected chi connectivity index (χ1v) is 14.4. The molecular formula is C27H30ClN3O4S2. The summed E-state index contributed by atoms with van der Waals surface area (Å²) in [4.78, 5) is 45.7. The highest BCUT2D eigenvalue weighted by Crippen LogP contribution is 2.41. The summed E-state index contributed by atoms with van der Waals surface area (Å²) >= 11 is 9.11. The maximum absolute atomic E-state index is 13.7. The molecule has 0 spiro atoms. The fourth-order valence-electron chi connectivity index (χ4n) is 4.58. The molecule has 10 heteroatoms. The molecule has 1 aromatic carbocycles. The lowest BCUT2D eigenvalue weighted by Gasteiger charge is -2.33. The number of thiophene rings is 1. The first-order valence-electron chi connectivity index (χ1n) is 12.2. The molecule has 0 saturated heterocycles. The first-order chi connectivity index (χ1) is 17.7. The molecule has 2 aromatic heterocycles. The summed E-state index contributed by atoms with van der Waals surface area (Å²) in [5, 5.41) is 4.78. The first kappa shape index (κ1) is 27.3. The molecule has 1 fully saturated rings. The van der Waals surface area contributed by atoms with Crippen LogP contribution >= 0.6 is 34.3 Å². The minimum atomic E-state index is -0.486. The number of nitrogens with zero attached hydrogens (tertiary/aromatic N) is 2. The highest BCUT2D eigenvalue weighted by Gasteiger charge is 2.33. The van der Waals surface area contributed by atoms with Gasteiger partial charge in [-0.3, -0.25) is 9.59 Å². The van der Waals surface area contributed by atoms with Crippen LogP contribution < -0.4 is 10.2 Å². The van der Waals surface area contributed by atoms with Crippen molar-refractivity contribution < 1.29 is 19.1 Å². The van der Waals surface area contributed by atoms with Crippen molar-refractivity contribution >= 4 is 63.4 Å². The summed E-state index contributed by atoms with van der Waals surface area (Å²) in [6.45, 7) is 6.14. The molecule has 0 atom stereocenters. The Balaban J connectivity index is 1.65. The zero-order valence-electron chi connectivity index (χ0n) is 21.2. The topological polar surface area (TPSA) is 88.6 Å². The lowest BCUT2D eigenvalue weighted by atomic mass is 9.82. The number of aromatic nitrogens is 1. The van der Waals surface area contributed by atoms with E-state index >= 15 is 0 Å². The van der Waals surface area contributed by atoms with Crippen molar-refractivity contribution in [1.29, 1.82) is 0 Å². The van der Waals surface area contributed by atoms with E-state index < -0.39 is 5.97 Å². The quantitative estimate of drug-likeness (QED) is 0.311. The van der Waals surface area contributed by atoms with Gasteiger partial charge in [-0.05, 0) is 69.2 Å². The summed E-state index contributed by atoms with van der Waals surface area (Å²) < 4.78 is 5.07. The SMILES string of the molecule is COC(=O)c1sc(-c2ccc(NC(=O)c3cscn3)c(Cl)c2)cc1N(C(=O)[C@H]1CC[C@H](C)CC1)C(C)C. The van der Waals surface area contributed by atoms with Gasteiger partial charge in [-0.25, -0.2) is 9.78 Å². The Kier molecular flexibility index (Phi) is 8.67. The van der Waals surface area contributed by atoms with E-state index in [2.05, 4.69) is 17.2 Å². The van der Waals surface area contributed by atoms with Crippen LogP contribution in [0.5, 0.6) is 0 Å². The van der Waals surface area contributed by atoms with E-state index in [1.807, 2.05) is 26.0 Å². The number of halogens is 1. The number of hydrogen-bond acceptors (Lipinski definition) is 7. The van der Waals surface area contributed by atoms with Crippen molar-refractivity contribution in [3.8, 4) is 10.4 Å². The van der Waals surface area contributed by atoms with Crippen LogP contribution in [-0.4, -0.2) is 35.9 Å². The van der Waals surface area contributed by atoms with Gasteiger partial charge < -0.3 is 15.0 Å². The third-order valence-corrected chi connectivity index (χ3v) is 8.68. The minimum absolute atomic E-state index is 0.0505. The second-order valence-corrected chi connectivity index (χ2v) is 11.8. The number of benzene rings is 1. The number of nitrogens with one attached hydrogen (secondary N) is 1. The zero-order valence-corrected chi connectivity index (χ0v) is 23.6. The average molecular weight is 560 g/mol. The highest BCUT2D eigenvalue weighted by atomic mass is 35.5. The highest BCUT2D eigenvalue weighted by molar-refractivity contribution is 7.18. The Labute approximate surface area is 229 Å². The van der Waals surface area contributed by atoms with Crippen LogP contribution in [0.1, 0.15) is 66.6 Å². The van der Waals surface area contributed by atoms with Crippen molar-refractivity contribution in [3.63, 3.8) is 0 Å². The van der Waals surface area contributed by atoms with Gasteiger partial charge in [0, 0.05) is 22.2 Å². The van der Waals surface area contributed by atoms with Crippen LogP contribution in [0.15, 0.2) is 35.2 Å². The molecule has 0 aliphatic heterocycles. The number of carbonyl (C=O) groups excluding carboxylic acids is 3. The van der Waals surface area contributed by atoms with Gasteiger partial charge in [0.2, 0.25) is 5.91 Å². The fraction of sp³-hybridized carbons (Fsp3) is 0.407. The van der Waals surface area contributed by atoms with Crippen molar-refractivity contribution in [2.75, 3.05) is 17.3 Å². The van der Waals surface area contributed by atoms with E-state index in [4.69, 9.17) is 16.3 Å². The third-order valence-electron chi connectivity index (χ3n) is 6.63. The third kappa shape index (κ3) is 6.05. The van der Waals surface area contributed by atoms with Crippen LogP contribution in [-0.2, 0) is 9.53 Å². The van der Waals surface area contributed by atoms with Crippen LogP contribution in [0.25, 0.3) is 10.4 Å². The van der Waals surface area contributed by atoms with E-state index in [0.29, 0.717) is 32.9 Å². The molecule has 2 amide bonds. The second kappa shape index (κ2) is 11.8. The molecule has 1 N–H and O–H groups in total. The van der Waals surface area contributed by atoms with Crippen molar-refractivity contribution in [3.05, 3.63) is 50.7 Å². The van der Waals surface area contributed by atoms with Gasteiger partial charge in [0.15, 0.2) is 0 Å². The summed E-state index contributed by atoms with van der Waals surface area (Å²) in [5.41, 5.74) is 3.69. The molecule has 0 bridgehead atoms. The second-order valence-electron chi connectivity index (χ2n) is 9.60. The molecule has 4 rings (SSSR count). The number of amides is 2. The van der Waals surface area contributed by atoms with Crippen molar-refractivity contribution in [2.45, 2.75) is 52.5 Å². The van der Waals surface area contributed by atoms with Crippen LogP contribution in [0.3, 0.4) is 0 Å². The summed E-state index contributed by atoms with van der Waals surface area (Å²) in [5.74, 6) is -0.198. The number of rotatable bonds is 7. The molecule has 1 saturated carbocycles. The average Bonchev–Trinajstić information content (AvgIpc) is 3.56. The number of esters is 1. The van der Waals surface area contributed by atoms with Crippen molar-refractivity contribution in [1.82, 2.24) is 4.98 Å². The zero-order chi connectivity index (χ0) is 26.7. The summed E-state index contributed by atoms with van der Waals surface area (Å²) in [6, 6.07) is 7.00. The van der Waals surface area contributed by atoms with Crippen LogP contribution in [0.4, 0.5) is 11.4 Å². The lowest BCUT2D eigenvalue weighted by molar-refractivity contribution is -0.123. The predicted molar refractivity (Wildman–Crippen MR) is 150 cm³/mol. The number of hydrogen-bond donors (Lipinski definition) is 1. The smallest absolute Gasteiger partial charge is 0.350 e. The largest absolute Gasteiger partial charge is 0.465 e. The van der Waals surface area contributed by atoms with Gasteiger partial charge in [-0.1, -0.05) is 24.6 Å². The normalized spacial score (nSPS) is 17.5. The monoisotopic (exact) mass is 559 g/mol. The maximum atomic E-state index is 13.7. The molecule has 37 heavy (non-hydrogen) atoms. The van der Waals surface area contributed by atoms with E-state index in [-0.39, 0.29) is 23.8 Å². The molecular weight excluding hydrogens is 530 g/mol. The van der Waals surface area contributed by atoms with Gasteiger partial charge in [0.05, 0.1) is 29.0 Å². The molecule has 3 aromatic rings. The van der Waals surface area contributed by atoms with E-state index in [0.717, 1.165) is 36.1 Å². The Hall–Kier alpha value is -2.75. The van der Waals surface area contributed by atoms with E-state index in [1.54, 1.807) is 27.9 Å². The lowest BCUT2D eigenvalue weighted by Crippen LogP contribution is -2.42.